The average molecular weight is 365 g/mol. The Morgan fingerprint density at radius 1 is 1.27 bits per heavy atom. The van der Waals surface area contributed by atoms with E-state index in [9.17, 15) is 34.6 Å². The first-order valence-electron chi connectivity index (χ1n) is 7.67. The second-order valence-electron chi connectivity index (χ2n) is 5.50. The number of nitro groups is 2. The summed E-state index contributed by atoms with van der Waals surface area (Å²) in [4.78, 5) is 57.6. The molecule has 1 heterocycles. The van der Waals surface area contributed by atoms with Crippen LogP contribution in [0.15, 0.2) is 18.2 Å². The lowest BCUT2D eigenvalue weighted by molar-refractivity contribution is -0.394. The Balaban J connectivity index is 2.23. The van der Waals surface area contributed by atoms with Crippen LogP contribution in [0.3, 0.4) is 0 Å². The summed E-state index contributed by atoms with van der Waals surface area (Å²) in [6.45, 7) is 1.37. The number of carbonyl (C=O) groups excluding carboxylic acids is 3. The van der Waals surface area contributed by atoms with Crippen LogP contribution < -0.4 is 0 Å². The van der Waals surface area contributed by atoms with Gasteiger partial charge in [0.05, 0.1) is 29.1 Å². The van der Waals surface area contributed by atoms with Gasteiger partial charge in [0.1, 0.15) is 11.5 Å². The number of nitro benzene ring substituents is 2. The molecular weight excluding hydrogens is 350 g/mol. The number of Topliss-reactive ketones (excluding diaryl/α,β-unsaturated/α-hetero) is 1. The number of piperidine rings is 1. The van der Waals surface area contributed by atoms with Crippen molar-refractivity contribution in [1.29, 1.82) is 0 Å². The van der Waals surface area contributed by atoms with Gasteiger partial charge in [-0.1, -0.05) is 0 Å². The first-order chi connectivity index (χ1) is 12.3. The van der Waals surface area contributed by atoms with Gasteiger partial charge in [-0.05, 0) is 19.4 Å². The van der Waals surface area contributed by atoms with Crippen molar-refractivity contribution in [2.45, 2.75) is 13.3 Å². The molecule has 0 spiro atoms. The molecule has 0 saturated carbocycles. The molecule has 138 valence electrons. The molecule has 1 fully saturated rings. The number of ether oxygens (including phenoxy) is 1. The summed E-state index contributed by atoms with van der Waals surface area (Å²) in [6.07, 6.45) is 0.0458. The molecule has 0 radical (unpaired) electrons. The second kappa shape index (κ2) is 7.68. The number of likely N-dealkylation sites (tertiary alicyclic amines) is 1. The van der Waals surface area contributed by atoms with Gasteiger partial charge in [-0.25, -0.2) is 0 Å². The third-order valence-electron chi connectivity index (χ3n) is 3.90. The molecular formula is C15H15N3O8. The first-order valence-corrected chi connectivity index (χ1v) is 7.67. The van der Waals surface area contributed by atoms with Crippen LogP contribution in [0.4, 0.5) is 11.4 Å². The van der Waals surface area contributed by atoms with Crippen molar-refractivity contribution in [2.24, 2.45) is 5.92 Å². The molecule has 0 aromatic heterocycles. The summed E-state index contributed by atoms with van der Waals surface area (Å²) in [6, 6.07) is 2.66. The molecule has 1 atom stereocenters. The van der Waals surface area contributed by atoms with Crippen molar-refractivity contribution in [1.82, 2.24) is 4.90 Å². The molecule has 1 aromatic carbocycles. The van der Waals surface area contributed by atoms with Crippen LogP contribution in [0.1, 0.15) is 23.7 Å². The fourth-order valence-electron chi connectivity index (χ4n) is 2.62. The third kappa shape index (κ3) is 3.82. The van der Waals surface area contributed by atoms with Crippen LogP contribution in [0, 0.1) is 26.1 Å². The van der Waals surface area contributed by atoms with E-state index in [0.29, 0.717) is 6.07 Å². The molecule has 0 bridgehead atoms. The van der Waals surface area contributed by atoms with Crippen LogP contribution in [-0.2, 0) is 14.3 Å². The quantitative estimate of drug-likeness (QED) is 0.326. The number of benzene rings is 1. The fraction of sp³-hybridized carbons (Fsp3) is 0.400. The van der Waals surface area contributed by atoms with Crippen molar-refractivity contribution in [3.63, 3.8) is 0 Å². The Hall–Kier alpha value is -3.37. The number of esters is 1. The minimum absolute atomic E-state index is 0.0300. The van der Waals surface area contributed by atoms with E-state index < -0.39 is 51.3 Å². The van der Waals surface area contributed by atoms with E-state index in [2.05, 4.69) is 0 Å². The van der Waals surface area contributed by atoms with Crippen molar-refractivity contribution in [2.75, 3.05) is 19.7 Å². The highest BCUT2D eigenvalue weighted by Crippen LogP contribution is 2.27. The molecule has 2 rings (SSSR count). The number of hydrogen-bond acceptors (Lipinski definition) is 8. The molecule has 1 saturated heterocycles. The number of carbonyl (C=O) groups is 3. The monoisotopic (exact) mass is 365 g/mol. The van der Waals surface area contributed by atoms with E-state index in [4.69, 9.17) is 4.74 Å². The van der Waals surface area contributed by atoms with E-state index in [0.717, 1.165) is 17.0 Å². The molecule has 0 aliphatic carbocycles. The van der Waals surface area contributed by atoms with Gasteiger partial charge in [0.15, 0.2) is 5.78 Å². The zero-order chi connectivity index (χ0) is 19.4. The highest BCUT2D eigenvalue weighted by atomic mass is 16.6. The molecule has 1 unspecified atom stereocenters. The highest BCUT2D eigenvalue weighted by molar-refractivity contribution is 6.05. The zero-order valence-corrected chi connectivity index (χ0v) is 13.7. The Labute approximate surface area is 146 Å². The van der Waals surface area contributed by atoms with Crippen molar-refractivity contribution in [3.8, 4) is 0 Å². The first kappa shape index (κ1) is 19.0. The topological polar surface area (TPSA) is 150 Å². The molecule has 26 heavy (non-hydrogen) atoms. The molecule has 1 aliphatic rings. The minimum Gasteiger partial charge on any atom is -0.465 e. The average Bonchev–Trinajstić information content (AvgIpc) is 2.60. The SMILES string of the molecule is CCOC(=O)C1CCN(C(=O)c2ccc([N+](=O)[O-])cc2[N+](=O)[O-])CC1=O. The largest absolute Gasteiger partial charge is 0.465 e. The van der Waals surface area contributed by atoms with Crippen molar-refractivity contribution >= 4 is 29.0 Å². The van der Waals surface area contributed by atoms with E-state index in [1.54, 1.807) is 6.92 Å². The molecule has 1 amide bonds. The fourth-order valence-corrected chi connectivity index (χ4v) is 2.62. The van der Waals surface area contributed by atoms with E-state index >= 15 is 0 Å². The summed E-state index contributed by atoms with van der Waals surface area (Å²) in [5.74, 6) is -2.95. The van der Waals surface area contributed by atoms with Crippen LogP contribution >= 0.6 is 0 Å². The van der Waals surface area contributed by atoms with Gasteiger partial charge in [0.2, 0.25) is 0 Å². The van der Waals surface area contributed by atoms with Gasteiger partial charge in [0, 0.05) is 12.6 Å². The molecule has 0 N–H and O–H groups in total. The molecule has 1 aromatic rings. The molecule has 11 heteroatoms. The Kier molecular flexibility index (Phi) is 5.60. The number of non-ortho nitro benzene ring substituents is 1. The summed E-state index contributed by atoms with van der Waals surface area (Å²) in [7, 11) is 0. The number of rotatable bonds is 5. The normalized spacial score (nSPS) is 16.9. The van der Waals surface area contributed by atoms with Gasteiger partial charge < -0.3 is 9.64 Å². The predicted molar refractivity (Wildman–Crippen MR) is 85.4 cm³/mol. The zero-order valence-electron chi connectivity index (χ0n) is 13.7. The van der Waals surface area contributed by atoms with E-state index in [1.165, 1.54) is 0 Å². The van der Waals surface area contributed by atoms with Crippen molar-refractivity contribution in [3.05, 3.63) is 44.0 Å². The van der Waals surface area contributed by atoms with Gasteiger partial charge in [-0.2, -0.15) is 0 Å². The van der Waals surface area contributed by atoms with Crippen LogP contribution in [-0.4, -0.2) is 52.1 Å². The van der Waals surface area contributed by atoms with Gasteiger partial charge >= 0.3 is 5.97 Å². The van der Waals surface area contributed by atoms with Gasteiger partial charge in [-0.15, -0.1) is 0 Å². The van der Waals surface area contributed by atoms with Gasteiger partial charge in [0.25, 0.3) is 17.3 Å². The highest BCUT2D eigenvalue weighted by Gasteiger charge is 2.37. The lowest BCUT2D eigenvalue weighted by Gasteiger charge is -2.29. The lowest BCUT2D eigenvalue weighted by Crippen LogP contribution is -2.46. The predicted octanol–water partition coefficient (Wildman–Crippen LogP) is 1.10. The number of hydrogen-bond donors (Lipinski definition) is 0. The van der Waals surface area contributed by atoms with Crippen LogP contribution in [0.2, 0.25) is 0 Å². The van der Waals surface area contributed by atoms with E-state index in [-0.39, 0.29) is 25.1 Å². The number of amides is 1. The smallest absolute Gasteiger partial charge is 0.316 e. The number of ketones is 1. The minimum atomic E-state index is -0.967. The van der Waals surface area contributed by atoms with Crippen LogP contribution in [0.25, 0.3) is 0 Å². The molecule has 11 nitrogen and oxygen atoms in total. The molecule has 1 aliphatic heterocycles. The second-order valence-corrected chi connectivity index (χ2v) is 5.50. The Bertz CT molecular complexity index is 791. The Morgan fingerprint density at radius 3 is 2.50 bits per heavy atom. The maximum atomic E-state index is 12.5. The van der Waals surface area contributed by atoms with Crippen molar-refractivity contribution < 1.29 is 29.0 Å². The summed E-state index contributed by atoms with van der Waals surface area (Å²) < 4.78 is 4.80. The maximum Gasteiger partial charge on any atom is 0.316 e. The standard InChI is InChI=1S/C15H15N3O8/c1-2-26-15(21)11-5-6-16(8-13(11)19)14(20)10-4-3-9(17(22)23)7-12(10)18(24)25/h3-4,7,11H,2,5-6,8H2,1H3. The van der Waals surface area contributed by atoms with Crippen LogP contribution in [0.5, 0.6) is 0 Å². The maximum absolute atomic E-state index is 12.5. The summed E-state index contributed by atoms with van der Waals surface area (Å²) >= 11 is 0. The Morgan fingerprint density at radius 2 is 1.96 bits per heavy atom. The lowest BCUT2D eigenvalue weighted by atomic mass is 9.95. The van der Waals surface area contributed by atoms with Gasteiger partial charge in [-0.3, -0.25) is 34.6 Å². The third-order valence-corrected chi connectivity index (χ3v) is 3.90. The van der Waals surface area contributed by atoms with E-state index in [1.807, 2.05) is 0 Å². The number of nitrogens with zero attached hydrogens (tertiary/aromatic N) is 3. The summed E-state index contributed by atoms with van der Waals surface area (Å²) in [5.41, 5.74) is -1.60. The summed E-state index contributed by atoms with van der Waals surface area (Å²) in [5, 5.41) is 21.9.